The van der Waals surface area contributed by atoms with Crippen LogP contribution < -0.4 is 15.6 Å². The van der Waals surface area contributed by atoms with E-state index in [1.807, 2.05) is 24.3 Å². The number of methoxy groups -OCH3 is 1. The molecule has 2 heterocycles. The molecule has 0 saturated heterocycles. The second-order valence-corrected chi connectivity index (χ2v) is 5.62. The van der Waals surface area contributed by atoms with E-state index in [4.69, 9.17) is 9.26 Å². The maximum Gasteiger partial charge on any atom is 0.267 e. The first-order valence-electron chi connectivity index (χ1n) is 7.72. The molecule has 2 aromatic heterocycles. The van der Waals surface area contributed by atoms with E-state index < -0.39 is 0 Å². The molecule has 130 valence electrons. The number of hydrogen-bond donors (Lipinski definition) is 1. The van der Waals surface area contributed by atoms with Crippen LogP contribution in [0, 0.1) is 13.8 Å². The Hall–Kier alpha value is -3.16. The topological polar surface area (TPSA) is 99.2 Å². The first kappa shape index (κ1) is 16.7. The Morgan fingerprint density at radius 1 is 1.28 bits per heavy atom. The van der Waals surface area contributed by atoms with Gasteiger partial charge in [0.25, 0.3) is 11.3 Å². The van der Waals surface area contributed by atoms with E-state index in [1.54, 1.807) is 21.0 Å². The van der Waals surface area contributed by atoms with Gasteiger partial charge in [-0.05, 0) is 31.5 Å². The number of ether oxygens (including phenoxy) is 1. The number of nitrogens with zero attached hydrogens (tertiary/aromatic N) is 3. The molecule has 0 atom stereocenters. The molecular formula is C17H18N4O4. The van der Waals surface area contributed by atoms with E-state index in [0.29, 0.717) is 23.4 Å². The van der Waals surface area contributed by atoms with Gasteiger partial charge in [-0.15, -0.1) is 0 Å². The second-order valence-electron chi connectivity index (χ2n) is 5.62. The molecule has 0 aliphatic carbocycles. The van der Waals surface area contributed by atoms with Crippen molar-refractivity contribution >= 4 is 17.0 Å². The average molecular weight is 342 g/mol. The van der Waals surface area contributed by atoms with Gasteiger partial charge in [0.2, 0.25) is 5.91 Å². The Balaban J connectivity index is 1.73. The van der Waals surface area contributed by atoms with Crippen molar-refractivity contribution in [1.82, 2.24) is 20.0 Å². The Morgan fingerprint density at radius 3 is 2.68 bits per heavy atom. The summed E-state index contributed by atoms with van der Waals surface area (Å²) in [4.78, 5) is 28.9. The minimum Gasteiger partial charge on any atom is -0.497 e. The number of aromatic nitrogens is 3. The van der Waals surface area contributed by atoms with Crippen molar-refractivity contribution in [1.29, 1.82) is 0 Å². The Bertz CT molecular complexity index is 973. The Kier molecular flexibility index (Phi) is 4.51. The smallest absolute Gasteiger partial charge is 0.267 e. The minimum absolute atomic E-state index is 0.117. The number of fused-ring (bicyclic) bond motifs is 1. The van der Waals surface area contributed by atoms with Gasteiger partial charge < -0.3 is 14.6 Å². The van der Waals surface area contributed by atoms with Crippen LogP contribution >= 0.6 is 0 Å². The highest BCUT2D eigenvalue weighted by Crippen LogP contribution is 2.12. The molecule has 0 aliphatic rings. The van der Waals surface area contributed by atoms with Gasteiger partial charge in [0.15, 0.2) is 0 Å². The minimum atomic E-state index is -0.333. The van der Waals surface area contributed by atoms with Crippen molar-refractivity contribution in [3.8, 4) is 5.75 Å². The number of carbonyl (C=O) groups excluding carboxylic acids is 1. The van der Waals surface area contributed by atoms with Gasteiger partial charge in [-0.3, -0.25) is 14.2 Å². The molecule has 8 heteroatoms. The molecule has 0 unspecified atom stereocenters. The quantitative estimate of drug-likeness (QED) is 0.751. The molecule has 0 fully saturated rings. The van der Waals surface area contributed by atoms with Crippen LogP contribution in [-0.4, -0.2) is 27.7 Å². The SMILES string of the molecule is COc1ccc(CNC(=O)Cn2c(C)nc3onc(C)c3c2=O)cc1. The highest BCUT2D eigenvalue weighted by molar-refractivity contribution is 5.77. The largest absolute Gasteiger partial charge is 0.497 e. The average Bonchev–Trinajstić information content (AvgIpc) is 2.98. The number of rotatable bonds is 5. The normalized spacial score (nSPS) is 10.8. The summed E-state index contributed by atoms with van der Waals surface area (Å²) in [5, 5.41) is 6.84. The molecule has 0 spiro atoms. The molecule has 1 aromatic carbocycles. The Labute approximate surface area is 143 Å². The molecule has 3 aromatic rings. The van der Waals surface area contributed by atoms with Gasteiger partial charge >= 0.3 is 0 Å². The molecule has 1 amide bonds. The van der Waals surface area contributed by atoms with Crippen LogP contribution in [0.25, 0.3) is 11.1 Å². The van der Waals surface area contributed by atoms with E-state index >= 15 is 0 Å². The third-order valence-corrected chi connectivity index (χ3v) is 3.91. The van der Waals surface area contributed by atoms with Gasteiger partial charge in [0.1, 0.15) is 23.5 Å². The van der Waals surface area contributed by atoms with Crippen molar-refractivity contribution in [2.45, 2.75) is 26.9 Å². The summed E-state index contributed by atoms with van der Waals surface area (Å²) < 4.78 is 11.4. The summed E-state index contributed by atoms with van der Waals surface area (Å²) in [5.74, 6) is 0.866. The predicted molar refractivity (Wildman–Crippen MR) is 90.4 cm³/mol. The lowest BCUT2D eigenvalue weighted by atomic mass is 10.2. The summed E-state index contributed by atoms with van der Waals surface area (Å²) in [6, 6.07) is 7.38. The lowest BCUT2D eigenvalue weighted by molar-refractivity contribution is -0.121. The van der Waals surface area contributed by atoms with E-state index in [0.717, 1.165) is 11.3 Å². The molecule has 0 aliphatic heterocycles. The van der Waals surface area contributed by atoms with Crippen LogP contribution in [0.1, 0.15) is 17.1 Å². The highest BCUT2D eigenvalue weighted by Gasteiger charge is 2.16. The molecule has 0 radical (unpaired) electrons. The molecule has 0 bridgehead atoms. The molecule has 8 nitrogen and oxygen atoms in total. The zero-order valence-electron chi connectivity index (χ0n) is 14.2. The number of benzene rings is 1. The lowest BCUT2D eigenvalue weighted by Gasteiger charge is -2.10. The van der Waals surface area contributed by atoms with Crippen LogP contribution in [0.3, 0.4) is 0 Å². The monoisotopic (exact) mass is 342 g/mol. The van der Waals surface area contributed by atoms with Crippen LogP contribution in [0.2, 0.25) is 0 Å². The van der Waals surface area contributed by atoms with E-state index in [9.17, 15) is 9.59 Å². The van der Waals surface area contributed by atoms with E-state index in [-0.39, 0.29) is 23.7 Å². The summed E-state index contributed by atoms with van der Waals surface area (Å²) >= 11 is 0. The Morgan fingerprint density at radius 2 is 2.00 bits per heavy atom. The fraction of sp³-hybridized carbons (Fsp3) is 0.294. The lowest BCUT2D eigenvalue weighted by Crippen LogP contribution is -2.33. The van der Waals surface area contributed by atoms with Crippen molar-refractivity contribution in [3.63, 3.8) is 0 Å². The van der Waals surface area contributed by atoms with Gasteiger partial charge in [0.05, 0.1) is 12.8 Å². The third kappa shape index (κ3) is 3.37. The van der Waals surface area contributed by atoms with E-state index in [1.165, 1.54) is 4.57 Å². The summed E-state index contributed by atoms with van der Waals surface area (Å²) in [7, 11) is 1.60. The summed E-state index contributed by atoms with van der Waals surface area (Å²) in [5.41, 5.74) is 1.25. The van der Waals surface area contributed by atoms with Crippen LogP contribution in [-0.2, 0) is 17.9 Å². The van der Waals surface area contributed by atoms with Gasteiger partial charge in [-0.1, -0.05) is 17.3 Å². The first-order chi connectivity index (χ1) is 12.0. The van der Waals surface area contributed by atoms with Crippen LogP contribution in [0.4, 0.5) is 0 Å². The number of hydrogen-bond acceptors (Lipinski definition) is 6. The van der Waals surface area contributed by atoms with Crippen molar-refractivity contribution in [2.24, 2.45) is 0 Å². The van der Waals surface area contributed by atoms with Gasteiger partial charge in [-0.25, -0.2) is 0 Å². The van der Waals surface area contributed by atoms with Crippen molar-refractivity contribution in [2.75, 3.05) is 7.11 Å². The zero-order chi connectivity index (χ0) is 18.0. The van der Waals surface area contributed by atoms with E-state index in [2.05, 4.69) is 15.5 Å². The standard InChI is InChI=1S/C17H18N4O4/c1-10-15-16(25-20-10)19-11(2)21(17(15)23)9-14(22)18-8-12-4-6-13(24-3)7-5-12/h4-7H,8-9H2,1-3H3,(H,18,22). The van der Waals surface area contributed by atoms with Gasteiger partial charge in [-0.2, -0.15) is 4.98 Å². The highest BCUT2D eigenvalue weighted by atomic mass is 16.5. The maximum atomic E-state index is 12.5. The molecular weight excluding hydrogens is 324 g/mol. The summed E-state index contributed by atoms with van der Waals surface area (Å²) in [6.45, 7) is 3.56. The zero-order valence-corrected chi connectivity index (χ0v) is 14.2. The fourth-order valence-corrected chi connectivity index (χ4v) is 2.50. The number of aryl methyl sites for hydroxylation is 2. The van der Waals surface area contributed by atoms with Crippen LogP contribution in [0.15, 0.2) is 33.6 Å². The molecule has 1 N–H and O–H groups in total. The molecule has 25 heavy (non-hydrogen) atoms. The van der Waals surface area contributed by atoms with Crippen molar-refractivity contribution < 1.29 is 14.1 Å². The number of carbonyl (C=O) groups is 1. The second kappa shape index (κ2) is 6.76. The number of nitrogens with one attached hydrogen (secondary N) is 1. The summed E-state index contributed by atoms with van der Waals surface area (Å²) in [6.07, 6.45) is 0. The number of amides is 1. The predicted octanol–water partition coefficient (Wildman–Crippen LogP) is 1.33. The first-order valence-corrected chi connectivity index (χ1v) is 7.72. The van der Waals surface area contributed by atoms with Gasteiger partial charge in [0, 0.05) is 6.54 Å². The third-order valence-electron chi connectivity index (χ3n) is 3.91. The molecule has 0 saturated carbocycles. The van der Waals surface area contributed by atoms with Crippen LogP contribution in [0.5, 0.6) is 5.75 Å². The fourth-order valence-electron chi connectivity index (χ4n) is 2.50. The molecule has 3 rings (SSSR count). The van der Waals surface area contributed by atoms with Crippen molar-refractivity contribution in [3.05, 3.63) is 51.7 Å². The maximum absolute atomic E-state index is 12.5.